The lowest BCUT2D eigenvalue weighted by atomic mass is 10.1. The number of benzene rings is 1. The van der Waals surface area contributed by atoms with E-state index in [9.17, 15) is 14.0 Å². The first-order valence-electron chi connectivity index (χ1n) is 8.03. The van der Waals surface area contributed by atoms with Gasteiger partial charge in [-0.2, -0.15) is 0 Å². The molecule has 0 unspecified atom stereocenters. The van der Waals surface area contributed by atoms with Crippen molar-refractivity contribution in [3.8, 4) is 0 Å². The van der Waals surface area contributed by atoms with Crippen LogP contribution in [0.15, 0.2) is 28.7 Å². The molecule has 0 aliphatic heterocycles. The summed E-state index contributed by atoms with van der Waals surface area (Å²) < 4.78 is 30.6. The lowest BCUT2D eigenvalue weighted by molar-refractivity contribution is 0.0452. The Morgan fingerprint density at radius 1 is 1.19 bits per heavy atom. The highest BCUT2D eigenvalue weighted by molar-refractivity contribution is 7.21. The molecule has 0 radical (unpaired) electrons. The first-order chi connectivity index (χ1) is 12.4. The third-order valence-electron chi connectivity index (χ3n) is 3.83. The second kappa shape index (κ2) is 7.29. The minimum Gasteiger partial charge on any atom is -0.466 e. The highest BCUT2D eigenvalue weighted by Crippen LogP contribution is 2.34. The van der Waals surface area contributed by atoms with Crippen LogP contribution in [0.25, 0.3) is 10.1 Å². The van der Waals surface area contributed by atoms with Crippen LogP contribution in [0, 0.1) is 19.7 Å². The van der Waals surface area contributed by atoms with E-state index in [2.05, 4.69) is 0 Å². The molecule has 3 aromatic rings. The first-order valence-corrected chi connectivity index (χ1v) is 8.85. The van der Waals surface area contributed by atoms with Gasteiger partial charge in [-0.15, -0.1) is 11.3 Å². The number of hydrogen-bond donors (Lipinski definition) is 0. The van der Waals surface area contributed by atoms with E-state index in [0.29, 0.717) is 27.3 Å². The number of halogens is 1. The maximum absolute atomic E-state index is 14.3. The molecule has 0 saturated heterocycles. The van der Waals surface area contributed by atoms with Crippen molar-refractivity contribution in [1.82, 2.24) is 0 Å². The molecule has 0 aliphatic carbocycles. The van der Waals surface area contributed by atoms with E-state index in [-0.39, 0.29) is 23.5 Å². The monoisotopic (exact) mass is 376 g/mol. The van der Waals surface area contributed by atoms with E-state index in [0.717, 1.165) is 11.3 Å². The number of aryl methyl sites for hydroxylation is 2. The highest BCUT2D eigenvalue weighted by Gasteiger charge is 2.24. The molecule has 26 heavy (non-hydrogen) atoms. The van der Waals surface area contributed by atoms with Crippen molar-refractivity contribution < 1.29 is 27.9 Å². The molecule has 136 valence electrons. The van der Waals surface area contributed by atoms with Gasteiger partial charge in [0.05, 0.1) is 6.61 Å². The van der Waals surface area contributed by atoms with Crippen molar-refractivity contribution in [3.05, 3.63) is 57.6 Å². The van der Waals surface area contributed by atoms with Gasteiger partial charge in [-0.05, 0) is 39.0 Å². The first kappa shape index (κ1) is 18.1. The van der Waals surface area contributed by atoms with Gasteiger partial charge in [0.1, 0.15) is 34.4 Å². The molecular formula is C19H17FO5S. The maximum atomic E-state index is 14.3. The summed E-state index contributed by atoms with van der Waals surface area (Å²) in [7, 11) is 0. The van der Waals surface area contributed by atoms with Crippen LogP contribution in [0.3, 0.4) is 0 Å². The number of carbonyl (C=O) groups is 2. The molecule has 0 saturated carbocycles. The predicted molar refractivity (Wildman–Crippen MR) is 95.0 cm³/mol. The molecule has 2 heterocycles. The molecule has 0 fully saturated rings. The van der Waals surface area contributed by atoms with Crippen LogP contribution in [0.1, 0.15) is 44.0 Å². The summed E-state index contributed by atoms with van der Waals surface area (Å²) in [6, 6.07) is 6.16. The van der Waals surface area contributed by atoms with Gasteiger partial charge in [0.2, 0.25) is 0 Å². The fraction of sp³-hybridized carbons (Fsp3) is 0.263. The van der Waals surface area contributed by atoms with Crippen molar-refractivity contribution in [2.45, 2.75) is 27.4 Å². The zero-order chi connectivity index (χ0) is 18.8. The van der Waals surface area contributed by atoms with Gasteiger partial charge < -0.3 is 13.9 Å². The minimum atomic E-state index is -0.593. The van der Waals surface area contributed by atoms with Crippen LogP contribution < -0.4 is 0 Å². The topological polar surface area (TPSA) is 65.7 Å². The standard InChI is InChI=1S/C19H17FO5S/c1-4-23-19(22)17-13(16-14(20)6-5-7-15(16)26-17)9-24-18(21)12-8-10(2)25-11(12)3/h5-8H,4,9H2,1-3H3. The number of rotatable bonds is 5. The van der Waals surface area contributed by atoms with E-state index in [1.165, 1.54) is 6.07 Å². The van der Waals surface area contributed by atoms with Crippen LogP contribution >= 0.6 is 11.3 Å². The minimum absolute atomic E-state index is 0.197. The van der Waals surface area contributed by atoms with E-state index in [1.807, 2.05) is 0 Å². The van der Waals surface area contributed by atoms with Crippen LogP contribution in [0.2, 0.25) is 0 Å². The Morgan fingerprint density at radius 3 is 2.62 bits per heavy atom. The molecule has 2 aromatic heterocycles. The van der Waals surface area contributed by atoms with Crippen molar-refractivity contribution in [2.24, 2.45) is 0 Å². The average Bonchev–Trinajstić information content (AvgIpc) is 3.13. The van der Waals surface area contributed by atoms with E-state index >= 15 is 0 Å². The smallest absolute Gasteiger partial charge is 0.348 e. The molecule has 0 aliphatic rings. The third-order valence-corrected chi connectivity index (χ3v) is 5.01. The summed E-state index contributed by atoms with van der Waals surface area (Å²) in [5.74, 6) is -0.594. The molecular weight excluding hydrogens is 359 g/mol. The largest absolute Gasteiger partial charge is 0.466 e. The van der Waals surface area contributed by atoms with Gasteiger partial charge in [-0.1, -0.05) is 6.07 Å². The third kappa shape index (κ3) is 3.35. The molecule has 7 heteroatoms. The number of fused-ring (bicyclic) bond motifs is 1. The van der Waals surface area contributed by atoms with Gasteiger partial charge in [-0.25, -0.2) is 14.0 Å². The van der Waals surface area contributed by atoms with E-state index < -0.39 is 17.8 Å². The van der Waals surface area contributed by atoms with E-state index in [1.54, 1.807) is 39.0 Å². The Hall–Kier alpha value is -2.67. The second-order valence-corrected chi connectivity index (χ2v) is 6.70. The van der Waals surface area contributed by atoms with Crippen LogP contribution in [0.4, 0.5) is 4.39 Å². The van der Waals surface area contributed by atoms with E-state index in [4.69, 9.17) is 13.9 Å². The Bertz CT molecular complexity index is 985. The number of thiophene rings is 1. The lowest BCUT2D eigenvalue weighted by Crippen LogP contribution is -2.09. The van der Waals surface area contributed by atoms with Gasteiger partial charge in [-0.3, -0.25) is 0 Å². The molecule has 0 N–H and O–H groups in total. The number of ether oxygens (including phenoxy) is 2. The number of esters is 2. The molecule has 0 spiro atoms. The van der Waals surface area contributed by atoms with Gasteiger partial charge in [0.25, 0.3) is 0 Å². The summed E-state index contributed by atoms with van der Waals surface area (Å²) in [6.07, 6.45) is 0. The zero-order valence-corrected chi connectivity index (χ0v) is 15.4. The molecule has 0 bridgehead atoms. The fourth-order valence-corrected chi connectivity index (χ4v) is 3.83. The van der Waals surface area contributed by atoms with Gasteiger partial charge in [0, 0.05) is 15.6 Å². The van der Waals surface area contributed by atoms with Crippen molar-refractivity contribution in [1.29, 1.82) is 0 Å². The molecule has 3 rings (SSSR count). The predicted octanol–water partition coefficient (Wildman–Crippen LogP) is 4.78. The Labute approximate surface area is 153 Å². The van der Waals surface area contributed by atoms with Crippen LogP contribution in [0.5, 0.6) is 0 Å². The second-order valence-electron chi connectivity index (χ2n) is 5.65. The average molecular weight is 376 g/mol. The molecule has 1 aromatic carbocycles. The summed E-state index contributed by atoms with van der Waals surface area (Å²) >= 11 is 1.12. The summed E-state index contributed by atoms with van der Waals surface area (Å²) in [5.41, 5.74) is 0.618. The van der Waals surface area contributed by atoms with Gasteiger partial charge >= 0.3 is 11.9 Å². The van der Waals surface area contributed by atoms with Crippen molar-refractivity contribution >= 4 is 33.4 Å². The quantitative estimate of drug-likeness (QED) is 0.599. The van der Waals surface area contributed by atoms with Crippen LogP contribution in [-0.4, -0.2) is 18.5 Å². The normalized spacial score (nSPS) is 10.9. The molecule has 0 amide bonds. The SMILES string of the molecule is CCOC(=O)c1sc2cccc(F)c2c1COC(=O)c1cc(C)oc1C. The number of carbonyl (C=O) groups excluding carboxylic acids is 2. The maximum Gasteiger partial charge on any atom is 0.348 e. The number of hydrogen-bond acceptors (Lipinski definition) is 6. The summed E-state index contributed by atoms with van der Waals surface area (Å²) in [5, 5.41) is 0.272. The fourth-order valence-electron chi connectivity index (χ4n) is 2.72. The van der Waals surface area contributed by atoms with Crippen molar-refractivity contribution in [3.63, 3.8) is 0 Å². The highest BCUT2D eigenvalue weighted by atomic mass is 32.1. The molecule has 5 nitrogen and oxygen atoms in total. The van der Waals surface area contributed by atoms with Crippen molar-refractivity contribution in [2.75, 3.05) is 6.61 Å². The Kier molecular flexibility index (Phi) is 5.08. The summed E-state index contributed by atoms with van der Waals surface area (Å²) in [6.45, 7) is 5.03. The lowest BCUT2D eigenvalue weighted by Gasteiger charge is -2.07. The Morgan fingerprint density at radius 2 is 1.96 bits per heavy atom. The Balaban J connectivity index is 1.95. The van der Waals surface area contributed by atoms with Crippen LogP contribution in [-0.2, 0) is 16.1 Å². The van der Waals surface area contributed by atoms with Gasteiger partial charge in [0.15, 0.2) is 0 Å². The summed E-state index contributed by atoms with van der Waals surface area (Å²) in [4.78, 5) is 24.8. The molecule has 0 atom stereocenters. The zero-order valence-electron chi connectivity index (χ0n) is 14.6. The number of furan rings is 1.